The van der Waals surface area contributed by atoms with Gasteiger partial charge in [-0.3, -0.25) is 4.79 Å². The summed E-state index contributed by atoms with van der Waals surface area (Å²) in [6.45, 7) is 6.39. The summed E-state index contributed by atoms with van der Waals surface area (Å²) in [5.74, 6) is 0.944. The molecule has 4 heteroatoms. The van der Waals surface area contributed by atoms with Crippen LogP contribution in [0.4, 0.5) is 0 Å². The number of nitrogens with one attached hydrogen (secondary N) is 1. The van der Waals surface area contributed by atoms with Crippen molar-refractivity contribution in [1.29, 1.82) is 0 Å². The predicted molar refractivity (Wildman–Crippen MR) is 82.4 cm³/mol. The van der Waals surface area contributed by atoms with Crippen molar-refractivity contribution in [2.75, 3.05) is 26.2 Å². The van der Waals surface area contributed by atoms with Gasteiger partial charge in [0.15, 0.2) is 0 Å². The number of hydrogen-bond acceptors (Lipinski definition) is 3. The monoisotopic (exact) mass is 281 g/mol. The van der Waals surface area contributed by atoms with Gasteiger partial charge >= 0.3 is 0 Å². The highest BCUT2D eigenvalue weighted by atomic mass is 16.1. The summed E-state index contributed by atoms with van der Waals surface area (Å²) in [7, 11) is 0. The van der Waals surface area contributed by atoms with Gasteiger partial charge in [0.2, 0.25) is 5.91 Å². The van der Waals surface area contributed by atoms with Crippen LogP contribution in [0.2, 0.25) is 0 Å². The average molecular weight is 281 g/mol. The minimum Gasteiger partial charge on any atom is -0.355 e. The fraction of sp³-hybridized carbons (Fsp3) is 0.938. The summed E-state index contributed by atoms with van der Waals surface area (Å²) in [6.07, 6.45) is 8.27. The molecule has 0 radical (unpaired) electrons. The van der Waals surface area contributed by atoms with Gasteiger partial charge in [-0.2, -0.15) is 0 Å². The van der Waals surface area contributed by atoms with Crippen LogP contribution in [-0.4, -0.2) is 43.0 Å². The Morgan fingerprint density at radius 1 is 1.15 bits per heavy atom. The molecule has 0 aromatic carbocycles. The van der Waals surface area contributed by atoms with Crippen LogP contribution < -0.4 is 11.1 Å². The van der Waals surface area contributed by atoms with Crippen molar-refractivity contribution in [3.63, 3.8) is 0 Å². The van der Waals surface area contributed by atoms with Gasteiger partial charge in [0.1, 0.15) is 0 Å². The Labute approximate surface area is 123 Å². The maximum absolute atomic E-state index is 12.2. The molecule has 1 heterocycles. The van der Waals surface area contributed by atoms with Gasteiger partial charge in [-0.05, 0) is 51.1 Å². The lowest BCUT2D eigenvalue weighted by Crippen LogP contribution is -2.42. The Morgan fingerprint density at radius 2 is 1.85 bits per heavy atom. The molecule has 4 nitrogen and oxygen atoms in total. The zero-order chi connectivity index (χ0) is 14.4. The Kier molecular flexibility index (Phi) is 6.30. The van der Waals surface area contributed by atoms with E-state index in [-0.39, 0.29) is 17.9 Å². The van der Waals surface area contributed by atoms with Crippen molar-refractivity contribution in [2.45, 2.75) is 57.9 Å². The molecule has 2 rings (SSSR count). The molecule has 1 saturated heterocycles. The lowest BCUT2D eigenvalue weighted by atomic mass is 9.79. The van der Waals surface area contributed by atoms with Crippen LogP contribution in [-0.2, 0) is 4.79 Å². The van der Waals surface area contributed by atoms with Gasteiger partial charge in [0.05, 0.1) is 0 Å². The second kappa shape index (κ2) is 7.99. The molecule has 20 heavy (non-hydrogen) atoms. The molecular weight excluding hydrogens is 250 g/mol. The summed E-state index contributed by atoms with van der Waals surface area (Å²) in [5, 5.41) is 3.13. The van der Waals surface area contributed by atoms with E-state index < -0.39 is 0 Å². The molecule has 2 aliphatic rings. The summed E-state index contributed by atoms with van der Waals surface area (Å²) < 4.78 is 0. The van der Waals surface area contributed by atoms with Crippen LogP contribution in [0.3, 0.4) is 0 Å². The van der Waals surface area contributed by atoms with E-state index in [1.54, 1.807) is 0 Å². The number of carbonyl (C=O) groups excluding carboxylic acids is 1. The number of rotatable bonds is 4. The molecule has 1 saturated carbocycles. The fourth-order valence-electron chi connectivity index (χ4n) is 3.71. The molecule has 2 fully saturated rings. The SMILES string of the molecule is CC1CC(N)CC(C(=O)NCCN2CCCCCC2)C1. The molecule has 1 aliphatic heterocycles. The topological polar surface area (TPSA) is 58.4 Å². The van der Waals surface area contributed by atoms with Gasteiger partial charge in [-0.25, -0.2) is 0 Å². The van der Waals surface area contributed by atoms with Gasteiger partial charge in [-0.1, -0.05) is 19.8 Å². The first-order valence-corrected chi connectivity index (χ1v) is 8.41. The zero-order valence-corrected chi connectivity index (χ0v) is 12.9. The van der Waals surface area contributed by atoms with Crippen molar-refractivity contribution in [3.05, 3.63) is 0 Å². The Balaban J connectivity index is 1.66. The molecule has 3 unspecified atom stereocenters. The first-order chi connectivity index (χ1) is 9.65. The van der Waals surface area contributed by atoms with Gasteiger partial charge in [-0.15, -0.1) is 0 Å². The largest absolute Gasteiger partial charge is 0.355 e. The second-order valence-electron chi connectivity index (χ2n) is 6.82. The normalized spacial score (nSPS) is 32.6. The summed E-state index contributed by atoms with van der Waals surface area (Å²) in [5.41, 5.74) is 6.03. The molecule has 0 aromatic rings. The highest BCUT2D eigenvalue weighted by Gasteiger charge is 2.29. The van der Waals surface area contributed by atoms with Crippen molar-refractivity contribution < 1.29 is 4.79 Å². The Bertz CT molecular complexity index is 290. The number of carbonyl (C=O) groups is 1. The minimum absolute atomic E-state index is 0.137. The fourth-order valence-corrected chi connectivity index (χ4v) is 3.71. The summed E-state index contributed by atoms with van der Waals surface area (Å²) >= 11 is 0. The molecule has 0 bridgehead atoms. The van der Waals surface area contributed by atoms with Crippen molar-refractivity contribution in [2.24, 2.45) is 17.6 Å². The van der Waals surface area contributed by atoms with E-state index in [1.807, 2.05) is 0 Å². The van der Waals surface area contributed by atoms with Gasteiger partial charge in [0.25, 0.3) is 0 Å². The molecule has 3 N–H and O–H groups in total. The number of nitrogens with two attached hydrogens (primary N) is 1. The van der Waals surface area contributed by atoms with E-state index in [2.05, 4.69) is 17.1 Å². The van der Waals surface area contributed by atoms with E-state index in [9.17, 15) is 4.79 Å². The predicted octanol–water partition coefficient (Wildman–Crippen LogP) is 1.74. The molecule has 3 atom stereocenters. The first kappa shape index (κ1) is 15.8. The van der Waals surface area contributed by atoms with Crippen LogP contribution in [0.15, 0.2) is 0 Å². The van der Waals surface area contributed by atoms with Crippen molar-refractivity contribution in [1.82, 2.24) is 10.2 Å². The number of likely N-dealkylation sites (tertiary alicyclic amines) is 1. The maximum atomic E-state index is 12.2. The number of hydrogen-bond donors (Lipinski definition) is 2. The zero-order valence-electron chi connectivity index (χ0n) is 12.9. The van der Waals surface area contributed by atoms with Gasteiger partial charge < -0.3 is 16.0 Å². The average Bonchev–Trinajstić information content (AvgIpc) is 2.66. The lowest BCUT2D eigenvalue weighted by molar-refractivity contribution is -0.126. The highest BCUT2D eigenvalue weighted by molar-refractivity contribution is 5.78. The van der Waals surface area contributed by atoms with E-state index in [1.165, 1.54) is 38.8 Å². The Hall–Kier alpha value is -0.610. The van der Waals surface area contributed by atoms with Crippen LogP contribution in [0.1, 0.15) is 51.9 Å². The third kappa shape index (κ3) is 5.06. The van der Waals surface area contributed by atoms with Crippen LogP contribution in [0, 0.1) is 11.8 Å². The highest BCUT2D eigenvalue weighted by Crippen LogP contribution is 2.28. The molecule has 1 aliphatic carbocycles. The summed E-state index contributed by atoms with van der Waals surface area (Å²) in [6, 6.07) is 0.208. The Morgan fingerprint density at radius 3 is 2.50 bits per heavy atom. The van der Waals surface area contributed by atoms with E-state index in [0.29, 0.717) is 5.92 Å². The van der Waals surface area contributed by atoms with E-state index in [4.69, 9.17) is 5.73 Å². The van der Waals surface area contributed by atoms with E-state index in [0.717, 1.165) is 32.4 Å². The third-order valence-electron chi connectivity index (χ3n) is 4.78. The van der Waals surface area contributed by atoms with E-state index >= 15 is 0 Å². The smallest absolute Gasteiger partial charge is 0.223 e. The minimum atomic E-state index is 0.137. The first-order valence-electron chi connectivity index (χ1n) is 8.41. The van der Waals surface area contributed by atoms with Gasteiger partial charge in [0, 0.05) is 25.0 Å². The lowest BCUT2D eigenvalue weighted by Gasteiger charge is -2.30. The quantitative estimate of drug-likeness (QED) is 0.825. The molecule has 1 amide bonds. The van der Waals surface area contributed by atoms with Crippen LogP contribution in [0.25, 0.3) is 0 Å². The molecule has 116 valence electrons. The number of nitrogens with zero attached hydrogens (tertiary/aromatic N) is 1. The standard InChI is InChI=1S/C16H31N3O/c1-13-10-14(12-15(17)11-13)16(20)18-6-9-19-7-4-2-3-5-8-19/h13-15H,2-12,17H2,1H3,(H,18,20). The maximum Gasteiger partial charge on any atom is 0.223 e. The van der Waals surface area contributed by atoms with Crippen molar-refractivity contribution in [3.8, 4) is 0 Å². The summed E-state index contributed by atoms with van der Waals surface area (Å²) in [4.78, 5) is 14.7. The number of amides is 1. The van der Waals surface area contributed by atoms with Crippen LogP contribution >= 0.6 is 0 Å². The van der Waals surface area contributed by atoms with Crippen LogP contribution in [0.5, 0.6) is 0 Å². The second-order valence-corrected chi connectivity index (χ2v) is 6.82. The molecule has 0 spiro atoms. The van der Waals surface area contributed by atoms with Crippen molar-refractivity contribution >= 4 is 5.91 Å². The molecular formula is C16H31N3O. The molecule has 0 aromatic heterocycles. The third-order valence-corrected chi connectivity index (χ3v) is 4.78.